The van der Waals surface area contributed by atoms with Crippen LogP contribution in [-0.2, 0) is 16.0 Å². The lowest BCUT2D eigenvalue weighted by Crippen LogP contribution is -2.22. The first-order valence-electron chi connectivity index (χ1n) is 9.14. The van der Waals surface area contributed by atoms with Crippen molar-refractivity contribution in [3.63, 3.8) is 0 Å². The van der Waals surface area contributed by atoms with E-state index in [1.54, 1.807) is 37.2 Å². The summed E-state index contributed by atoms with van der Waals surface area (Å²) in [7, 11) is 3.50. The first kappa shape index (κ1) is 21.0. The van der Waals surface area contributed by atoms with Gasteiger partial charge in [0.25, 0.3) is 0 Å². The number of aryl methyl sites for hydroxylation is 1. The molecule has 2 aromatic rings. The minimum absolute atomic E-state index is 0.0945. The van der Waals surface area contributed by atoms with Crippen molar-refractivity contribution >= 4 is 23.2 Å². The molecule has 0 aliphatic carbocycles. The Morgan fingerprint density at radius 2 is 1.86 bits per heavy atom. The Balaban J connectivity index is 1.85. The quantitative estimate of drug-likeness (QED) is 0.620. The molecular weight excluding hydrogens is 354 g/mol. The highest BCUT2D eigenvalue weighted by Gasteiger charge is 2.06. The van der Waals surface area contributed by atoms with Gasteiger partial charge >= 0.3 is 0 Å². The number of nitrogens with one attached hydrogen (secondary N) is 2. The normalized spacial score (nSPS) is 10.1. The van der Waals surface area contributed by atoms with Crippen molar-refractivity contribution in [1.82, 2.24) is 4.90 Å². The van der Waals surface area contributed by atoms with E-state index in [0.29, 0.717) is 30.9 Å². The minimum Gasteiger partial charge on any atom is -0.489 e. The van der Waals surface area contributed by atoms with E-state index in [1.165, 1.54) is 0 Å². The number of anilines is 2. The third-order valence-electron chi connectivity index (χ3n) is 3.99. The summed E-state index contributed by atoms with van der Waals surface area (Å²) < 4.78 is 5.46. The molecule has 0 saturated heterocycles. The summed E-state index contributed by atoms with van der Waals surface area (Å²) in [6, 6.07) is 15.0. The lowest BCUT2D eigenvalue weighted by Gasteiger charge is -2.11. The Bertz CT molecular complexity index is 818. The van der Waals surface area contributed by atoms with Crippen molar-refractivity contribution in [2.75, 3.05) is 37.9 Å². The Morgan fingerprint density at radius 1 is 1.11 bits per heavy atom. The molecule has 0 aliphatic heterocycles. The van der Waals surface area contributed by atoms with Crippen LogP contribution in [0.15, 0.2) is 61.2 Å². The molecule has 0 spiro atoms. The molecule has 148 valence electrons. The molecule has 0 fully saturated rings. The van der Waals surface area contributed by atoms with Crippen LogP contribution in [0.5, 0.6) is 5.75 Å². The zero-order chi connectivity index (χ0) is 20.4. The minimum atomic E-state index is -0.158. The molecular formula is C22H27N3O3. The van der Waals surface area contributed by atoms with Gasteiger partial charge in [-0.1, -0.05) is 30.9 Å². The molecule has 6 nitrogen and oxygen atoms in total. The fourth-order valence-corrected chi connectivity index (χ4v) is 2.52. The summed E-state index contributed by atoms with van der Waals surface area (Å²) in [6.07, 6.45) is 2.79. The molecule has 0 radical (unpaired) electrons. The van der Waals surface area contributed by atoms with Crippen LogP contribution in [0.1, 0.15) is 12.0 Å². The number of ether oxygens (including phenoxy) is 1. The Hall–Kier alpha value is -3.28. The Labute approximate surface area is 166 Å². The van der Waals surface area contributed by atoms with Gasteiger partial charge in [-0.25, -0.2) is 0 Å². The molecule has 2 N–H and O–H groups in total. The molecule has 0 aromatic heterocycles. The van der Waals surface area contributed by atoms with Crippen molar-refractivity contribution < 1.29 is 14.3 Å². The van der Waals surface area contributed by atoms with Gasteiger partial charge in [0.15, 0.2) is 0 Å². The predicted octanol–water partition coefficient (Wildman–Crippen LogP) is 3.32. The first-order chi connectivity index (χ1) is 13.5. The number of amides is 2. The molecule has 0 saturated carbocycles. The second kappa shape index (κ2) is 10.8. The van der Waals surface area contributed by atoms with Crippen LogP contribution in [0, 0.1) is 0 Å². The summed E-state index contributed by atoms with van der Waals surface area (Å²) in [5.41, 5.74) is 2.56. The SMILES string of the molecule is C=CCOc1cccc(NC(=O)CNc2cccc(CCC(=O)N(C)C)c2)c1. The molecule has 0 unspecified atom stereocenters. The maximum absolute atomic E-state index is 12.2. The van der Waals surface area contributed by atoms with Crippen LogP contribution in [0.25, 0.3) is 0 Å². The van der Waals surface area contributed by atoms with Crippen LogP contribution in [-0.4, -0.2) is 44.0 Å². The van der Waals surface area contributed by atoms with Gasteiger partial charge in [-0.05, 0) is 36.2 Å². The molecule has 0 aliphatic rings. The predicted molar refractivity (Wildman–Crippen MR) is 113 cm³/mol. The lowest BCUT2D eigenvalue weighted by molar-refractivity contribution is -0.128. The fourth-order valence-electron chi connectivity index (χ4n) is 2.52. The highest BCUT2D eigenvalue weighted by Crippen LogP contribution is 2.17. The molecule has 28 heavy (non-hydrogen) atoms. The van der Waals surface area contributed by atoms with Crippen molar-refractivity contribution in [2.24, 2.45) is 0 Å². The standard InChI is InChI=1S/C22H27N3O3/c1-4-13-28-20-10-6-9-19(15-20)24-21(26)16-23-18-8-5-7-17(14-18)11-12-22(27)25(2)3/h4-10,14-15,23H,1,11-13,16H2,2-3H3,(H,24,26). The maximum Gasteiger partial charge on any atom is 0.243 e. The lowest BCUT2D eigenvalue weighted by atomic mass is 10.1. The number of carbonyl (C=O) groups is 2. The van der Waals surface area contributed by atoms with Gasteiger partial charge in [0, 0.05) is 38.0 Å². The summed E-state index contributed by atoms with van der Waals surface area (Å²) in [4.78, 5) is 25.5. The maximum atomic E-state index is 12.2. The summed E-state index contributed by atoms with van der Waals surface area (Å²) >= 11 is 0. The third-order valence-corrected chi connectivity index (χ3v) is 3.99. The number of hydrogen-bond donors (Lipinski definition) is 2. The van der Waals surface area contributed by atoms with E-state index >= 15 is 0 Å². The van der Waals surface area contributed by atoms with E-state index in [-0.39, 0.29) is 18.4 Å². The van der Waals surface area contributed by atoms with Crippen LogP contribution in [0.2, 0.25) is 0 Å². The van der Waals surface area contributed by atoms with Gasteiger partial charge < -0.3 is 20.3 Å². The van der Waals surface area contributed by atoms with Gasteiger partial charge in [0.2, 0.25) is 11.8 Å². The Kier molecular flexibility index (Phi) is 8.09. The number of rotatable bonds is 10. The van der Waals surface area contributed by atoms with E-state index in [9.17, 15) is 9.59 Å². The van der Waals surface area contributed by atoms with Crippen LogP contribution >= 0.6 is 0 Å². The second-order valence-electron chi connectivity index (χ2n) is 6.52. The summed E-state index contributed by atoms with van der Waals surface area (Å²) in [6.45, 7) is 4.16. The largest absolute Gasteiger partial charge is 0.489 e. The van der Waals surface area contributed by atoms with Crippen molar-refractivity contribution in [2.45, 2.75) is 12.8 Å². The third kappa shape index (κ3) is 7.15. The molecule has 2 amide bonds. The van der Waals surface area contributed by atoms with Crippen molar-refractivity contribution in [3.05, 3.63) is 66.7 Å². The average molecular weight is 381 g/mol. The number of nitrogens with zero attached hydrogens (tertiary/aromatic N) is 1. The van der Waals surface area contributed by atoms with Gasteiger partial charge in [0.05, 0.1) is 6.54 Å². The van der Waals surface area contributed by atoms with Crippen LogP contribution in [0.4, 0.5) is 11.4 Å². The smallest absolute Gasteiger partial charge is 0.243 e. The monoisotopic (exact) mass is 381 g/mol. The molecule has 0 bridgehead atoms. The van der Waals surface area contributed by atoms with Crippen molar-refractivity contribution in [3.8, 4) is 5.75 Å². The zero-order valence-electron chi connectivity index (χ0n) is 16.4. The summed E-state index contributed by atoms with van der Waals surface area (Å²) in [5, 5.41) is 5.95. The number of carbonyl (C=O) groups excluding carboxylic acids is 2. The van der Waals surface area contributed by atoms with Crippen LogP contribution in [0.3, 0.4) is 0 Å². The second-order valence-corrected chi connectivity index (χ2v) is 6.52. The topological polar surface area (TPSA) is 70.7 Å². The van der Waals surface area contributed by atoms with Gasteiger partial charge in [-0.15, -0.1) is 0 Å². The van der Waals surface area contributed by atoms with Crippen molar-refractivity contribution in [1.29, 1.82) is 0 Å². The van der Waals surface area contributed by atoms with E-state index in [4.69, 9.17) is 4.74 Å². The van der Waals surface area contributed by atoms with Gasteiger partial charge in [-0.2, -0.15) is 0 Å². The average Bonchev–Trinajstić information content (AvgIpc) is 2.69. The fraction of sp³-hybridized carbons (Fsp3) is 0.273. The highest BCUT2D eigenvalue weighted by molar-refractivity contribution is 5.93. The van der Waals surface area contributed by atoms with E-state index < -0.39 is 0 Å². The summed E-state index contributed by atoms with van der Waals surface area (Å²) in [5.74, 6) is 0.608. The van der Waals surface area contributed by atoms with E-state index in [2.05, 4.69) is 17.2 Å². The highest BCUT2D eigenvalue weighted by atomic mass is 16.5. The molecule has 0 heterocycles. The molecule has 2 aromatic carbocycles. The Morgan fingerprint density at radius 3 is 2.61 bits per heavy atom. The van der Waals surface area contributed by atoms with Gasteiger partial charge in [-0.3, -0.25) is 9.59 Å². The molecule has 2 rings (SSSR count). The number of benzene rings is 2. The first-order valence-corrected chi connectivity index (χ1v) is 9.14. The van der Waals surface area contributed by atoms with Crippen LogP contribution < -0.4 is 15.4 Å². The molecule has 6 heteroatoms. The zero-order valence-corrected chi connectivity index (χ0v) is 16.4. The van der Waals surface area contributed by atoms with Gasteiger partial charge in [0.1, 0.15) is 12.4 Å². The number of hydrogen-bond acceptors (Lipinski definition) is 4. The van der Waals surface area contributed by atoms with E-state index in [0.717, 1.165) is 11.3 Å². The van der Waals surface area contributed by atoms with E-state index in [1.807, 2.05) is 36.4 Å². The molecule has 0 atom stereocenters.